The molecule has 0 bridgehead atoms. The second kappa shape index (κ2) is 6.85. The minimum atomic E-state index is -1.37. The molecule has 0 saturated carbocycles. The molecule has 7 nitrogen and oxygen atoms in total. The van der Waals surface area contributed by atoms with Gasteiger partial charge in [0.1, 0.15) is 16.4 Å². The SMILES string of the molecule is CNC(=O)C1C=C2CNC(c3ccccc3Cl)=C3N(CN(C)N3C)C2S1=O. The van der Waals surface area contributed by atoms with Gasteiger partial charge in [0.05, 0.1) is 28.2 Å². The van der Waals surface area contributed by atoms with Crippen LogP contribution in [0.25, 0.3) is 5.70 Å². The molecule has 0 radical (unpaired) electrons. The van der Waals surface area contributed by atoms with E-state index in [-0.39, 0.29) is 11.3 Å². The molecule has 3 aliphatic heterocycles. The molecule has 0 spiro atoms. The lowest BCUT2D eigenvalue weighted by Crippen LogP contribution is -2.41. The zero-order valence-corrected chi connectivity index (χ0v) is 17.0. The lowest BCUT2D eigenvalue weighted by Gasteiger charge is -2.27. The van der Waals surface area contributed by atoms with Crippen molar-refractivity contribution < 1.29 is 9.00 Å². The number of hydrogen-bond donors (Lipinski definition) is 2. The van der Waals surface area contributed by atoms with E-state index in [1.807, 2.05) is 54.5 Å². The Morgan fingerprint density at radius 1 is 1.33 bits per heavy atom. The normalized spacial score (nSPS) is 27.7. The Kier molecular flexibility index (Phi) is 4.65. The Hall–Kier alpha value is -2.03. The fourth-order valence-electron chi connectivity index (χ4n) is 3.80. The van der Waals surface area contributed by atoms with Crippen molar-refractivity contribution in [1.29, 1.82) is 0 Å². The molecule has 144 valence electrons. The predicted molar refractivity (Wildman–Crippen MR) is 106 cm³/mol. The van der Waals surface area contributed by atoms with Crippen LogP contribution in [0.2, 0.25) is 5.02 Å². The minimum absolute atomic E-state index is 0.216. The highest BCUT2D eigenvalue weighted by Crippen LogP contribution is 2.39. The molecule has 9 heteroatoms. The van der Waals surface area contributed by atoms with Crippen molar-refractivity contribution >= 4 is 34.0 Å². The average molecular weight is 408 g/mol. The summed E-state index contributed by atoms with van der Waals surface area (Å²) in [7, 11) is 4.14. The first-order chi connectivity index (χ1) is 12.9. The van der Waals surface area contributed by atoms with Crippen molar-refractivity contribution in [3.8, 4) is 0 Å². The zero-order chi connectivity index (χ0) is 19.3. The number of rotatable bonds is 2. The highest BCUT2D eigenvalue weighted by Gasteiger charge is 2.47. The second-order valence-corrected chi connectivity index (χ2v) is 8.80. The number of fused-ring (bicyclic) bond motifs is 3. The standard InChI is InChI=1S/C18H22ClN5O2S/c1-20-16(25)14-8-11-9-21-15(12-6-4-5-7-13(12)19)17-23(3)22(2)10-24(17)18(11)27(14)26/h4-8,14,18,21H,9-10H2,1-3H3,(H,20,25). The van der Waals surface area contributed by atoms with Crippen LogP contribution in [-0.4, -0.2) is 70.0 Å². The van der Waals surface area contributed by atoms with E-state index in [0.29, 0.717) is 18.2 Å². The Morgan fingerprint density at radius 3 is 2.78 bits per heavy atom. The molecule has 1 amide bonds. The Bertz CT molecular complexity index is 886. The van der Waals surface area contributed by atoms with Gasteiger partial charge in [-0.15, -0.1) is 0 Å². The summed E-state index contributed by atoms with van der Waals surface area (Å²) in [6, 6.07) is 7.68. The van der Waals surface area contributed by atoms with Gasteiger partial charge in [-0.1, -0.05) is 35.9 Å². The molecule has 1 fully saturated rings. The molecule has 0 aliphatic carbocycles. The number of nitrogens with one attached hydrogen (secondary N) is 2. The monoisotopic (exact) mass is 407 g/mol. The van der Waals surface area contributed by atoms with Crippen molar-refractivity contribution in [3.05, 3.63) is 52.3 Å². The van der Waals surface area contributed by atoms with Gasteiger partial charge in [-0.2, -0.15) is 0 Å². The van der Waals surface area contributed by atoms with E-state index >= 15 is 0 Å². The van der Waals surface area contributed by atoms with E-state index in [1.165, 1.54) is 0 Å². The third-order valence-corrected chi connectivity index (χ3v) is 7.40. The van der Waals surface area contributed by atoms with E-state index in [9.17, 15) is 9.00 Å². The predicted octanol–water partition coefficient (Wildman–Crippen LogP) is 0.750. The number of carbonyl (C=O) groups is 1. The fourth-order valence-corrected chi connectivity index (χ4v) is 5.82. The van der Waals surface area contributed by atoms with Crippen molar-refractivity contribution in [2.45, 2.75) is 10.6 Å². The van der Waals surface area contributed by atoms with Crippen molar-refractivity contribution in [1.82, 2.24) is 25.6 Å². The van der Waals surface area contributed by atoms with Crippen molar-refractivity contribution in [2.75, 3.05) is 34.4 Å². The molecule has 3 atom stereocenters. The fraction of sp³-hybridized carbons (Fsp3) is 0.389. The molecule has 1 aromatic rings. The van der Waals surface area contributed by atoms with E-state index < -0.39 is 16.0 Å². The Morgan fingerprint density at radius 2 is 2.07 bits per heavy atom. The summed E-state index contributed by atoms with van der Waals surface area (Å²) >= 11 is 6.47. The molecule has 1 aromatic carbocycles. The summed E-state index contributed by atoms with van der Waals surface area (Å²) in [5.74, 6) is 0.691. The number of amides is 1. The highest BCUT2D eigenvalue weighted by atomic mass is 35.5. The smallest absolute Gasteiger partial charge is 0.239 e. The van der Waals surface area contributed by atoms with Gasteiger partial charge >= 0.3 is 0 Å². The molecule has 2 N–H and O–H groups in total. The maximum Gasteiger partial charge on any atom is 0.239 e. The Labute approximate surface area is 166 Å². The number of carbonyl (C=O) groups excluding carboxylic acids is 1. The summed E-state index contributed by atoms with van der Waals surface area (Å²) in [5.41, 5.74) is 2.76. The van der Waals surface area contributed by atoms with Gasteiger partial charge < -0.3 is 15.5 Å². The molecule has 1 saturated heterocycles. The first-order valence-electron chi connectivity index (χ1n) is 8.70. The molecular weight excluding hydrogens is 386 g/mol. The van der Waals surface area contributed by atoms with E-state index in [2.05, 4.69) is 15.5 Å². The largest absolute Gasteiger partial charge is 0.378 e. The van der Waals surface area contributed by atoms with Crippen LogP contribution in [0, 0.1) is 0 Å². The van der Waals surface area contributed by atoms with E-state index in [1.54, 1.807) is 7.05 Å². The molecular formula is C18H22ClN5O2S. The zero-order valence-electron chi connectivity index (χ0n) is 15.4. The van der Waals surface area contributed by atoms with Gasteiger partial charge in [-0.05, 0) is 11.6 Å². The van der Waals surface area contributed by atoms with Crippen LogP contribution in [0.15, 0.2) is 41.7 Å². The summed E-state index contributed by atoms with van der Waals surface area (Å²) in [5, 5.41) is 9.85. The Balaban J connectivity index is 1.83. The van der Waals surface area contributed by atoms with Crippen LogP contribution in [0.5, 0.6) is 0 Å². The first kappa shape index (κ1) is 18.3. The van der Waals surface area contributed by atoms with E-state index in [4.69, 9.17) is 11.6 Å². The number of nitrogens with zero attached hydrogens (tertiary/aromatic N) is 3. The van der Waals surface area contributed by atoms with Crippen LogP contribution >= 0.6 is 11.6 Å². The van der Waals surface area contributed by atoms with Gasteiger partial charge in [0.15, 0.2) is 0 Å². The molecule has 4 rings (SSSR count). The van der Waals surface area contributed by atoms with Crippen molar-refractivity contribution in [3.63, 3.8) is 0 Å². The first-order valence-corrected chi connectivity index (χ1v) is 10.4. The number of benzene rings is 1. The topological polar surface area (TPSA) is 67.9 Å². The lowest BCUT2D eigenvalue weighted by atomic mass is 10.1. The summed E-state index contributed by atoms with van der Waals surface area (Å²) in [6.07, 6.45) is 1.85. The minimum Gasteiger partial charge on any atom is -0.378 e. The number of hydrazine groups is 1. The summed E-state index contributed by atoms with van der Waals surface area (Å²) in [6.45, 7) is 1.09. The van der Waals surface area contributed by atoms with Crippen molar-refractivity contribution in [2.24, 2.45) is 0 Å². The maximum absolute atomic E-state index is 13.2. The number of hydrogen-bond acceptors (Lipinski definition) is 6. The lowest BCUT2D eigenvalue weighted by molar-refractivity contribution is -0.119. The molecule has 27 heavy (non-hydrogen) atoms. The van der Waals surface area contributed by atoms with Gasteiger partial charge in [-0.3, -0.25) is 14.0 Å². The molecule has 0 aromatic heterocycles. The van der Waals surface area contributed by atoms with Gasteiger partial charge in [-0.25, -0.2) is 5.01 Å². The molecule has 3 unspecified atom stereocenters. The maximum atomic E-state index is 13.2. The third kappa shape index (κ3) is 2.83. The van der Waals surface area contributed by atoms with Crippen LogP contribution in [-0.2, 0) is 15.6 Å². The molecule has 3 aliphatic rings. The molecule has 3 heterocycles. The third-order valence-electron chi connectivity index (χ3n) is 5.22. The van der Waals surface area contributed by atoms with Crippen LogP contribution < -0.4 is 10.6 Å². The summed E-state index contributed by atoms with van der Waals surface area (Å²) < 4.78 is 13.2. The quantitative estimate of drug-likeness (QED) is 0.705. The summed E-state index contributed by atoms with van der Waals surface area (Å²) in [4.78, 5) is 14.3. The van der Waals surface area contributed by atoms with Gasteiger partial charge in [0.25, 0.3) is 0 Å². The highest BCUT2D eigenvalue weighted by molar-refractivity contribution is 7.87. The van der Waals surface area contributed by atoms with E-state index in [0.717, 1.165) is 22.7 Å². The second-order valence-electron chi connectivity index (χ2n) is 6.78. The number of halogens is 1. The van der Waals surface area contributed by atoms with Crippen LogP contribution in [0.4, 0.5) is 0 Å². The van der Waals surface area contributed by atoms with Gasteiger partial charge in [0, 0.05) is 33.3 Å². The van der Waals surface area contributed by atoms with Crippen LogP contribution in [0.1, 0.15) is 5.56 Å². The van der Waals surface area contributed by atoms with Gasteiger partial charge in [0.2, 0.25) is 5.91 Å². The average Bonchev–Trinajstić information content (AvgIpc) is 3.07. The van der Waals surface area contributed by atoms with Crippen LogP contribution in [0.3, 0.4) is 0 Å².